The van der Waals surface area contributed by atoms with E-state index in [-0.39, 0.29) is 4.90 Å². The van der Waals surface area contributed by atoms with E-state index in [1.807, 2.05) is 0 Å². The highest BCUT2D eigenvalue weighted by atomic mass is 79.9. The van der Waals surface area contributed by atoms with Gasteiger partial charge in [-0.05, 0) is 50.0 Å². The molecule has 0 spiro atoms. The normalized spacial score (nSPS) is 18.0. The Bertz CT molecular complexity index is 587. The minimum Gasteiger partial charge on any atom is -0.302 e. The molecule has 0 saturated carbocycles. The van der Waals surface area contributed by atoms with Crippen molar-refractivity contribution in [2.45, 2.75) is 24.7 Å². The predicted octanol–water partition coefficient (Wildman–Crippen LogP) is 2.60. The molecule has 4 nitrogen and oxygen atoms in total. The molecule has 0 aromatic heterocycles. The number of benzene rings is 1. The molecule has 2 rings (SSSR count). The molecule has 0 bridgehead atoms. The van der Waals surface area contributed by atoms with E-state index in [1.165, 1.54) is 12.1 Å². The average molecular weight is 379 g/mol. The highest BCUT2D eigenvalue weighted by Crippen LogP contribution is 2.19. The standard InChI is InChI=1S/C14H20BrFN2O2S/c1-11-4-7-18(8-5-11)9-6-17-21(19,20)14-3-2-12(15)10-13(14)16/h2-3,10-11,17H,4-9H2,1H3. The molecule has 21 heavy (non-hydrogen) atoms. The van der Waals surface area contributed by atoms with Gasteiger partial charge in [-0.2, -0.15) is 0 Å². The molecule has 0 aliphatic carbocycles. The number of hydrogen-bond donors (Lipinski definition) is 1. The average Bonchev–Trinajstić information content (AvgIpc) is 2.40. The topological polar surface area (TPSA) is 49.4 Å². The van der Waals surface area contributed by atoms with Gasteiger partial charge >= 0.3 is 0 Å². The van der Waals surface area contributed by atoms with Crippen LogP contribution in [0.3, 0.4) is 0 Å². The Hall–Kier alpha value is -0.500. The lowest BCUT2D eigenvalue weighted by molar-refractivity contribution is 0.195. The summed E-state index contributed by atoms with van der Waals surface area (Å²) in [4.78, 5) is 1.93. The lowest BCUT2D eigenvalue weighted by Gasteiger charge is -2.30. The van der Waals surface area contributed by atoms with Crippen molar-refractivity contribution in [3.8, 4) is 0 Å². The van der Waals surface area contributed by atoms with Crippen molar-refractivity contribution < 1.29 is 12.8 Å². The zero-order chi connectivity index (χ0) is 15.5. The summed E-state index contributed by atoms with van der Waals surface area (Å²) in [5.41, 5.74) is 0. The van der Waals surface area contributed by atoms with Crippen LogP contribution in [-0.4, -0.2) is 39.5 Å². The quantitative estimate of drug-likeness (QED) is 0.856. The lowest BCUT2D eigenvalue weighted by Crippen LogP contribution is -2.39. The lowest BCUT2D eigenvalue weighted by atomic mass is 9.99. The highest BCUT2D eigenvalue weighted by Gasteiger charge is 2.20. The minimum atomic E-state index is -3.79. The molecular formula is C14H20BrFN2O2S. The summed E-state index contributed by atoms with van der Waals surface area (Å²) in [5, 5.41) is 0. The van der Waals surface area contributed by atoms with Gasteiger partial charge in [-0.25, -0.2) is 17.5 Å². The first-order chi connectivity index (χ1) is 9.88. The summed E-state index contributed by atoms with van der Waals surface area (Å²) in [7, 11) is -3.79. The zero-order valence-corrected chi connectivity index (χ0v) is 14.4. The Morgan fingerprint density at radius 2 is 2.05 bits per heavy atom. The molecule has 7 heteroatoms. The Labute approximate surface area is 133 Å². The number of nitrogens with one attached hydrogen (secondary N) is 1. The highest BCUT2D eigenvalue weighted by molar-refractivity contribution is 9.10. The molecule has 1 aromatic carbocycles. The molecule has 1 fully saturated rings. The van der Waals surface area contributed by atoms with Gasteiger partial charge in [-0.15, -0.1) is 0 Å². The maximum atomic E-state index is 13.7. The van der Waals surface area contributed by atoms with E-state index in [2.05, 4.69) is 32.5 Å². The van der Waals surface area contributed by atoms with Gasteiger partial charge in [0.1, 0.15) is 10.7 Å². The molecule has 0 amide bonds. The van der Waals surface area contributed by atoms with E-state index in [9.17, 15) is 12.8 Å². The number of rotatable bonds is 5. The van der Waals surface area contributed by atoms with Gasteiger partial charge in [-0.1, -0.05) is 22.9 Å². The van der Waals surface area contributed by atoms with Gasteiger partial charge in [0.05, 0.1) is 0 Å². The molecule has 1 aliphatic heterocycles. The van der Waals surface area contributed by atoms with E-state index in [0.29, 0.717) is 17.6 Å². The van der Waals surface area contributed by atoms with Gasteiger partial charge in [-0.3, -0.25) is 0 Å². The van der Waals surface area contributed by atoms with Gasteiger partial charge < -0.3 is 4.90 Å². The molecule has 1 saturated heterocycles. The van der Waals surface area contributed by atoms with E-state index in [1.54, 1.807) is 0 Å². The number of likely N-dealkylation sites (tertiary alicyclic amines) is 1. The molecule has 0 unspecified atom stereocenters. The third-order valence-corrected chi connectivity index (χ3v) is 5.77. The first-order valence-electron chi connectivity index (χ1n) is 7.05. The van der Waals surface area contributed by atoms with Crippen LogP contribution < -0.4 is 4.72 Å². The maximum Gasteiger partial charge on any atom is 0.243 e. The summed E-state index contributed by atoms with van der Waals surface area (Å²) >= 11 is 3.11. The summed E-state index contributed by atoms with van der Waals surface area (Å²) < 4.78 is 40.8. The minimum absolute atomic E-state index is 0.298. The molecule has 1 N–H and O–H groups in total. The van der Waals surface area contributed by atoms with Crippen molar-refractivity contribution in [1.29, 1.82) is 0 Å². The largest absolute Gasteiger partial charge is 0.302 e. The Morgan fingerprint density at radius 1 is 1.38 bits per heavy atom. The van der Waals surface area contributed by atoms with Crippen LogP contribution in [0.2, 0.25) is 0 Å². The van der Waals surface area contributed by atoms with Crippen molar-refractivity contribution in [3.63, 3.8) is 0 Å². The van der Waals surface area contributed by atoms with Gasteiger partial charge in [0, 0.05) is 17.6 Å². The predicted molar refractivity (Wildman–Crippen MR) is 84.1 cm³/mol. The summed E-state index contributed by atoms with van der Waals surface area (Å²) in [5.74, 6) is -0.00141. The van der Waals surface area contributed by atoms with Crippen molar-refractivity contribution in [1.82, 2.24) is 9.62 Å². The zero-order valence-electron chi connectivity index (χ0n) is 12.0. The number of halogens is 2. The van der Waals surface area contributed by atoms with Crippen molar-refractivity contribution >= 4 is 26.0 Å². The van der Waals surface area contributed by atoms with Gasteiger partial charge in [0.15, 0.2) is 0 Å². The molecule has 0 atom stereocenters. The van der Waals surface area contributed by atoms with Crippen molar-refractivity contribution in [3.05, 3.63) is 28.5 Å². The second-order valence-corrected chi connectivity index (χ2v) is 8.15. The fraction of sp³-hybridized carbons (Fsp3) is 0.571. The Balaban J connectivity index is 1.89. The molecule has 1 aromatic rings. The fourth-order valence-electron chi connectivity index (χ4n) is 2.39. The molecular weight excluding hydrogens is 359 g/mol. The first kappa shape index (κ1) is 16.9. The molecule has 0 radical (unpaired) electrons. The van der Waals surface area contributed by atoms with Crippen molar-refractivity contribution in [2.75, 3.05) is 26.2 Å². The second-order valence-electron chi connectivity index (χ2n) is 5.50. The third-order valence-electron chi connectivity index (χ3n) is 3.78. The number of piperidine rings is 1. The summed E-state index contributed by atoms with van der Waals surface area (Å²) in [6.07, 6.45) is 2.29. The van der Waals surface area contributed by atoms with Crippen LogP contribution in [0.1, 0.15) is 19.8 Å². The van der Waals surface area contributed by atoms with Crippen LogP contribution >= 0.6 is 15.9 Å². The summed E-state index contributed by atoms with van der Waals surface area (Å²) in [6, 6.07) is 3.94. The van der Waals surface area contributed by atoms with Crippen LogP contribution in [-0.2, 0) is 10.0 Å². The van der Waals surface area contributed by atoms with Crippen LogP contribution in [0, 0.1) is 11.7 Å². The van der Waals surface area contributed by atoms with E-state index in [0.717, 1.165) is 37.9 Å². The SMILES string of the molecule is CC1CCN(CCNS(=O)(=O)c2ccc(Br)cc2F)CC1. The second kappa shape index (κ2) is 7.17. The molecule has 118 valence electrons. The summed E-state index contributed by atoms with van der Waals surface area (Å²) in [6.45, 7) is 5.18. The number of hydrogen-bond acceptors (Lipinski definition) is 3. The van der Waals surface area contributed by atoms with E-state index < -0.39 is 15.8 Å². The van der Waals surface area contributed by atoms with E-state index in [4.69, 9.17) is 0 Å². The van der Waals surface area contributed by atoms with Crippen LogP contribution in [0.25, 0.3) is 0 Å². The number of nitrogens with zero attached hydrogens (tertiary/aromatic N) is 1. The van der Waals surface area contributed by atoms with Crippen LogP contribution in [0.5, 0.6) is 0 Å². The van der Waals surface area contributed by atoms with Gasteiger partial charge in [0.25, 0.3) is 0 Å². The van der Waals surface area contributed by atoms with Gasteiger partial charge in [0.2, 0.25) is 10.0 Å². The van der Waals surface area contributed by atoms with Crippen LogP contribution in [0.4, 0.5) is 4.39 Å². The first-order valence-corrected chi connectivity index (χ1v) is 9.33. The van der Waals surface area contributed by atoms with E-state index >= 15 is 0 Å². The van der Waals surface area contributed by atoms with Crippen molar-refractivity contribution in [2.24, 2.45) is 5.92 Å². The maximum absolute atomic E-state index is 13.7. The monoisotopic (exact) mass is 378 g/mol. The Morgan fingerprint density at radius 3 is 2.67 bits per heavy atom. The molecule has 1 aliphatic rings. The third kappa shape index (κ3) is 4.74. The fourth-order valence-corrected chi connectivity index (χ4v) is 3.81. The Kier molecular flexibility index (Phi) is 5.76. The smallest absolute Gasteiger partial charge is 0.243 e. The number of sulfonamides is 1. The van der Waals surface area contributed by atoms with Crippen LogP contribution in [0.15, 0.2) is 27.6 Å². The molecule has 1 heterocycles.